The first-order valence-electron chi connectivity index (χ1n) is 8.90. The zero-order valence-electron chi connectivity index (χ0n) is 16.0. The van der Waals surface area contributed by atoms with E-state index in [9.17, 15) is 9.59 Å². The fraction of sp³-hybridized carbons (Fsp3) is 0.333. The van der Waals surface area contributed by atoms with Gasteiger partial charge in [0.15, 0.2) is 11.5 Å². The minimum absolute atomic E-state index is 0.110. The molecule has 1 fully saturated rings. The number of anilines is 2. The van der Waals surface area contributed by atoms with Crippen molar-refractivity contribution < 1.29 is 19.1 Å². The number of carbonyl (C=O) groups is 2. The normalized spacial score (nSPS) is 16.8. The van der Waals surface area contributed by atoms with E-state index in [1.54, 1.807) is 18.2 Å². The lowest BCUT2D eigenvalue weighted by atomic mass is 10.0. The first kappa shape index (κ1) is 18.8. The van der Waals surface area contributed by atoms with Crippen molar-refractivity contribution >= 4 is 23.2 Å². The molecule has 0 aromatic heterocycles. The van der Waals surface area contributed by atoms with Crippen LogP contribution in [0.1, 0.15) is 31.7 Å². The molecular weight excluding hydrogens is 344 g/mol. The average Bonchev–Trinajstić information content (AvgIpc) is 2.94. The van der Waals surface area contributed by atoms with Gasteiger partial charge in [0.05, 0.1) is 26.3 Å². The Hall–Kier alpha value is -3.02. The van der Waals surface area contributed by atoms with Crippen molar-refractivity contribution in [1.82, 2.24) is 0 Å². The lowest BCUT2D eigenvalue weighted by Crippen LogP contribution is -2.34. The fourth-order valence-electron chi connectivity index (χ4n) is 3.17. The molecule has 1 N–H and O–H groups in total. The number of rotatable bonds is 6. The molecule has 0 saturated carbocycles. The number of hydrogen-bond donors (Lipinski definition) is 1. The van der Waals surface area contributed by atoms with E-state index in [1.165, 1.54) is 24.7 Å². The molecule has 2 aromatic carbocycles. The molecule has 0 aliphatic carbocycles. The molecule has 1 aliphatic rings. The maximum Gasteiger partial charge on any atom is 0.256 e. The average molecular weight is 368 g/mol. The number of imide groups is 1. The van der Waals surface area contributed by atoms with Gasteiger partial charge in [0, 0.05) is 11.8 Å². The van der Waals surface area contributed by atoms with E-state index < -0.39 is 6.04 Å². The van der Waals surface area contributed by atoms with Crippen LogP contribution in [0.2, 0.25) is 0 Å². The van der Waals surface area contributed by atoms with Crippen LogP contribution in [0.25, 0.3) is 0 Å². The number of nitrogens with one attached hydrogen (secondary N) is 1. The summed E-state index contributed by atoms with van der Waals surface area (Å²) in [4.78, 5) is 26.6. The van der Waals surface area contributed by atoms with E-state index in [0.29, 0.717) is 23.1 Å². The molecule has 6 nitrogen and oxygen atoms in total. The van der Waals surface area contributed by atoms with Crippen LogP contribution in [0, 0.1) is 0 Å². The SMILES string of the molecule is COc1ccc(N2C(=O)C[C@@H](Nc3cccc(C(C)C)c3)C2=O)cc1OC. The molecule has 27 heavy (non-hydrogen) atoms. The maximum atomic E-state index is 12.9. The number of nitrogens with zero attached hydrogens (tertiary/aromatic N) is 1. The van der Waals surface area contributed by atoms with Crippen LogP contribution in [-0.2, 0) is 9.59 Å². The Labute approximate surface area is 159 Å². The van der Waals surface area contributed by atoms with Gasteiger partial charge in [-0.05, 0) is 35.7 Å². The van der Waals surface area contributed by atoms with Crippen LogP contribution in [0.3, 0.4) is 0 Å². The molecule has 0 radical (unpaired) electrons. The van der Waals surface area contributed by atoms with Crippen LogP contribution >= 0.6 is 0 Å². The topological polar surface area (TPSA) is 67.9 Å². The number of hydrogen-bond acceptors (Lipinski definition) is 5. The highest BCUT2D eigenvalue weighted by Crippen LogP contribution is 2.34. The van der Waals surface area contributed by atoms with Crippen molar-refractivity contribution in [3.63, 3.8) is 0 Å². The molecule has 1 atom stereocenters. The van der Waals surface area contributed by atoms with E-state index in [0.717, 1.165) is 5.69 Å². The highest BCUT2D eigenvalue weighted by Gasteiger charge is 2.39. The molecule has 1 aliphatic heterocycles. The summed E-state index contributed by atoms with van der Waals surface area (Å²) in [5, 5.41) is 3.20. The monoisotopic (exact) mass is 368 g/mol. The predicted octanol–water partition coefficient (Wildman–Crippen LogP) is 3.57. The summed E-state index contributed by atoms with van der Waals surface area (Å²) in [6, 6.07) is 12.3. The smallest absolute Gasteiger partial charge is 0.256 e. The molecule has 142 valence electrons. The number of carbonyl (C=O) groups excluding carboxylic acids is 2. The minimum Gasteiger partial charge on any atom is -0.493 e. The Morgan fingerprint density at radius 1 is 1.04 bits per heavy atom. The Morgan fingerprint density at radius 2 is 1.78 bits per heavy atom. The lowest BCUT2D eigenvalue weighted by Gasteiger charge is -2.18. The standard InChI is InChI=1S/C21H24N2O4/c1-13(2)14-6-5-7-15(10-14)22-17-12-20(24)23(21(17)25)16-8-9-18(26-3)19(11-16)27-4/h5-11,13,17,22H,12H2,1-4H3/t17-/m1/s1. The van der Waals surface area contributed by atoms with Gasteiger partial charge in [-0.15, -0.1) is 0 Å². The van der Waals surface area contributed by atoms with E-state index in [1.807, 2.05) is 24.3 Å². The third-order valence-electron chi connectivity index (χ3n) is 4.67. The molecule has 0 bridgehead atoms. The molecular formula is C21H24N2O4. The summed E-state index contributed by atoms with van der Waals surface area (Å²) in [5.74, 6) is 0.875. The van der Waals surface area contributed by atoms with Gasteiger partial charge in [0.25, 0.3) is 5.91 Å². The van der Waals surface area contributed by atoms with Crippen molar-refractivity contribution in [2.24, 2.45) is 0 Å². The van der Waals surface area contributed by atoms with Crippen molar-refractivity contribution in [1.29, 1.82) is 0 Å². The Bertz CT molecular complexity index is 863. The molecule has 2 aromatic rings. The summed E-state index contributed by atoms with van der Waals surface area (Å²) in [5.41, 5.74) is 2.48. The maximum absolute atomic E-state index is 12.9. The molecule has 0 unspecified atom stereocenters. The van der Waals surface area contributed by atoms with Crippen molar-refractivity contribution in [2.45, 2.75) is 32.2 Å². The largest absolute Gasteiger partial charge is 0.493 e. The second-order valence-electron chi connectivity index (χ2n) is 6.79. The van der Waals surface area contributed by atoms with Gasteiger partial charge in [-0.2, -0.15) is 0 Å². The molecule has 1 heterocycles. The number of methoxy groups -OCH3 is 2. The van der Waals surface area contributed by atoms with Gasteiger partial charge >= 0.3 is 0 Å². The fourth-order valence-corrected chi connectivity index (χ4v) is 3.17. The summed E-state index contributed by atoms with van der Waals surface area (Å²) in [6.07, 6.45) is 0.110. The lowest BCUT2D eigenvalue weighted by molar-refractivity contribution is -0.121. The Morgan fingerprint density at radius 3 is 2.44 bits per heavy atom. The zero-order valence-corrected chi connectivity index (χ0v) is 16.0. The summed E-state index contributed by atoms with van der Waals surface area (Å²) >= 11 is 0. The third kappa shape index (κ3) is 3.74. The first-order valence-corrected chi connectivity index (χ1v) is 8.90. The number of amides is 2. The van der Waals surface area contributed by atoms with E-state index in [2.05, 4.69) is 19.2 Å². The summed E-state index contributed by atoms with van der Waals surface area (Å²) in [6.45, 7) is 4.23. The highest BCUT2D eigenvalue weighted by molar-refractivity contribution is 6.23. The minimum atomic E-state index is -0.590. The van der Waals surface area contributed by atoms with Gasteiger partial charge < -0.3 is 14.8 Å². The van der Waals surface area contributed by atoms with Crippen molar-refractivity contribution in [2.75, 3.05) is 24.4 Å². The third-order valence-corrected chi connectivity index (χ3v) is 4.67. The van der Waals surface area contributed by atoms with Gasteiger partial charge in [-0.3, -0.25) is 9.59 Å². The van der Waals surface area contributed by atoms with E-state index in [-0.39, 0.29) is 18.2 Å². The van der Waals surface area contributed by atoms with Gasteiger partial charge in [0.2, 0.25) is 5.91 Å². The van der Waals surface area contributed by atoms with Gasteiger partial charge in [-0.25, -0.2) is 4.90 Å². The Balaban J connectivity index is 1.82. The quantitative estimate of drug-likeness (QED) is 0.790. The first-order chi connectivity index (χ1) is 12.9. The van der Waals surface area contributed by atoms with Crippen LogP contribution in [0.15, 0.2) is 42.5 Å². The van der Waals surface area contributed by atoms with Crippen molar-refractivity contribution in [3.8, 4) is 11.5 Å². The van der Waals surface area contributed by atoms with E-state index >= 15 is 0 Å². The van der Waals surface area contributed by atoms with Crippen LogP contribution in [0.5, 0.6) is 11.5 Å². The highest BCUT2D eigenvalue weighted by atomic mass is 16.5. The van der Waals surface area contributed by atoms with Crippen LogP contribution in [0.4, 0.5) is 11.4 Å². The number of ether oxygens (including phenoxy) is 2. The molecule has 3 rings (SSSR count). The zero-order chi connectivity index (χ0) is 19.6. The molecule has 2 amide bonds. The summed E-state index contributed by atoms with van der Waals surface area (Å²) in [7, 11) is 3.05. The van der Waals surface area contributed by atoms with Gasteiger partial charge in [-0.1, -0.05) is 26.0 Å². The second kappa shape index (κ2) is 7.70. The second-order valence-corrected chi connectivity index (χ2v) is 6.79. The number of benzene rings is 2. The van der Waals surface area contributed by atoms with Crippen molar-refractivity contribution in [3.05, 3.63) is 48.0 Å². The summed E-state index contributed by atoms with van der Waals surface area (Å²) < 4.78 is 10.5. The van der Waals surface area contributed by atoms with Gasteiger partial charge in [0.1, 0.15) is 6.04 Å². The molecule has 6 heteroatoms. The van der Waals surface area contributed by atoms with Crippen LogP contribution in [-0.4, -0.2) is 32.1 Å². The predicted molar refractivity (Wildman–Crippen MR) is 105 cm³/mol. The molecule has 0 spiro atoms. The van der Waals surface area contributed by atoms with Crippen LogP contribution < -0.4 is 19.7 Å². The molecule has 1 saturated heterocycles. The van der Waals surface area contributed by atoms with E-state index in [4.69, 9.17) is 9.47 Å². The Kier molecular flexibility index (Phi) is 5.35.